The highest BCUT2D eigenvalue weighted by Crippen LogP contribution is 2.33. The maximum absolute atomic E-state index is 9.38. The molecule has 0 aromatic carbocycles. The van der Waals surface area contributed by atoms with E-state index in [1.807, 2.05) is 24.5 Å². The third-order valence-corrected chi connectivity index (χ3v) is 3.53. The van der Waals surface area contributed by atoms with Crippen LogP contribution in [0.5, 0.6) is 0 Å². The van der Waals surface area contributed by atoms with E-state index in [9.17, 15) is 5.26 Å². The molecule has 3 aromatic heterocycles. The van der Waals surface area contributed by atoms with Crippen LogP contribution in [0.15, 0.2) is 56.7 Å². The van der Waals surface area contributed by atoms with Crippen LogP contribution >= 0.6 is 11.8 Å². The average Bonchev–Trinajstić information content (AvgIpc) is 3.18. The molecule has 0 aliphatic heterocycles. The SMILES string of the molecule is CSc1nc(-c2ccco2)cc(-c2ccco2)c1C#N. The summed E-state index contributed by atoms with van der Waals surface area (Å²) in [6.45, 7) is 0. The summed E-state index contributed by atoms with van der Waals surface area (Å²) in [6, 6.07) is 11.3. The van der Waals surface area contributed by atoms with Crippen LogP contribution in [0.3, 0.4) is 0 Å². The lowest BCUT2D eigenvalue weighted by Crippen LogP contribution is -1.94. The van der Waals surface area contributed by atoms with E-state index in [-0.39, 0.29) is 0 Å². The molecule has 5 heteroatoms. The summed E-state index contributed by atoms with van der Waals surface area (Å²) in [4.78, 5) is 4.48. The summed E-state index contributed by atoms with van der Waals surface area (Å²) < 4.78 is 10.8. The predicted octanol–water partition coefficient (Wildman–Crippen LogP) is 4.20. The zero-order chi connectivity index (χ0) is 13.9. The minimum Gasteiger partial charge on any atom is -0.464 e. The lowest BCUT2D eigenvalue weighted by atomic mass is 10.1. The number of pyridine rings is 1. The van der Waals surface area contributed by atoms with Crippen molar-refractivity contribution in [2.24, 2.45) is 0 Å². The monoisotopic (exact) mass is 282 g/mol. The highest BCUT2D eigenvalue weighted by molar-refractivity contribution is 7.98. The van der Waals surface area contributed by atoms with E-state index in [2.05, 4.69) is 11.1 Å². The Hall–Kier alpha value is -2.45. The molecule has 0 atom stereocenters. The van der Waals surface area contributed by atoms with Crippen molar-refractivity contribution < 1.29 is 8.83 Å². The maximum Gasteiger partial charge on any atom is 0.152 e. The first-order chi connectivity index (χ1) is 9.83. The number of thioether (sulfide) groups is 1. The maximum atomic E-state index is 9.38. The second kappa shape index (κ2) is 5.27. The minimum atomic E-state index is 0.516. The van der Waals surface area contributed by atoms with Crippen molar-refractivity contribution in [3.05, 3.63) is 48.4 Å². The molecule has 0 unspecified atom stereocenters. The molecule has 0 fully saturated rings. The van der Waals surface area contributed by atoms with Crippen molar-refractivity contribution in [2.75, 3.05) is 6.26 Å². The molecule has 0 radical (unpaired) electrons. The topological polar surface area (TPSA) is 63.0 Å². The van der Waals surface area contributed by atoms with Crippen LogP contribution in [0.2, 0.25) is 0 Å². The quantitative estimate of drug-likeness (QED) is 0.674. The van der Waals surface area contributed by atoms with E-state index >= 15 is 0 Å². The van der Waals surface area contributed by atoms with E-state index in [0.717, 1.165) is 5.56 Å². The molecule has 0 amide bonds. The van der Waals surface area contributed by atoms with E-state index in [1.54, 1.807) is 24.7 Å². The summed E-state index contributed by atoms with van der Waals surface area (Å²) in [5.41, 5.74) is 1.93. The van der Waals surface area contributed by atoms with E-state index in [1.165, 1.54) is 11.8 Å². The Morgan fingerprint density at radius 2 is 1.85 bits per heavy atom. The summed E-state index contributed by atoms with van der Waals surface area (Å²) in [7, 11) is 0. The van der Waals surface area contributed by atoms with Gasteiger partial charge in [0.2, 0.25) is 0 Å². The van der Waals surface area contributed by atoms with Gasteiger partial charge in [0.1, 0.15) is 22.5 Å². The summed E-state index contributed by atoms with van der Waals surface area (Å²) >= 11 is 1.43. The van der Waals surface area contributed by atoms with Crippen LogP contribution in [-0.4, -0.2) is 11.2 Å². The number of aromatic nitrogens is 1. The Labute approximate surface area is 120 Å². The van der Waals surface area contributed by atoms with Gasteiger partial charge in [0, 0.05) is 5.56 Å². The van der Waals surface area contributed by atoms with Gasteiger partial charge in [-0.1, -0.05) is 0 Å². The lowest BCUT2D eigenvalue weighted by molar-refractivity contribution is 0.577. The minimum absolute atomic E-state index is 0.516. The van der Waals surface area contributed by atoms with Crippen molar-refractivity contribution in [1.82, 2.24) is 4.98 Å². The van der Waals surface area contributed by atoms with Crippen LogP contribution in [0.1, 0.15) is 5.56 Å². The molecule has 20 heavy (non-hydrogen) atoms. The van der Waals surface area contributed by atoms with E-state index in [0.29, 0.717) is 27.8 Å². The summed E-state index contributed by atoms with van der Waals surface area (Å²) in [5, 5.41) is 10.0. The average molecular weight is 282 g/mol. The van der Waals surface area contributed by atoms with Gasteiger partial charge in [-0.25, -0.2) is 4.98 Å². The molecule has 4 nitrogen and oxygen atoms in total. The van der Waals surface area contributed by atoms with Crippen molar-refractivity contribution in [1.29, 1.82) is 5.26 Å². The Bertz CT molecular complexity index is 756. The number of nitrogens with zero attached hydrogens (tertiary/aromatic N) is 2. The second-order valence-corrected chi connectivity index (χ2v) is 4.80. The number of nitriles is 1. The first-order valence-corrected chi connectivity index (χ1v) is 7.13. The van der Waals surface area contributed by atoms with Gasteiger partial charge in [-0.2, -0.15) is 5.26 Å². The highest BCUT2D eigenvalue weighted by Gasteiger charge is 2.17. The predicted molar refractivity (Wildman–Crippen MR) is 76.1 cm³/mol. The molecule has 98 valence electrons. The van der Waals surface area contributed by atoms with E-state index < -0.39 is 0 Å². The number of hydrogen-bond acceptors (Lipinski definition) is 5. The zero-order valence-electron chi connectivity index (χ0n) is 10.7. The molecule has 0 bridgehead atoms. The van der Waals surface area contributed by atoms with Crippen LogP contribution in [0.4, 0.5) is 0 Å². The number of furan rings is 2. The van der Waals surface area contributed by atoms with Gasteiger partial charge in [-0.05, 0) is 36.6 Å². The van der Waals surface area contributed by atoms with Crippen LogP contribution in [-0.2, 0) is 0 Å². The Kier molecular flexibility index (Phi) is 3.32. The first-order valence-electron chi connectivity index (χ1n) is 5.90. The fraction of sp³-hybridized carbons (Fsp3) is 0.0667. The molecule has 0 saturated carbocycles. The highest BCUT2D eigenvalue weighted by atomic mass is 32.2. The largest absolute Gasteiger partial charge is 0.464 e. The standard InChI is InChI=1S/C15H10N2O2S/c1-20-15-11(9-16)10(13-4-2-6-18-13)8-12(17-15)14-5-3-7-19-14/h2-8H,1H3. The second-order valence-electron chi connectivity index (χ2n) is 4.01. The Morgan fingerprint density at radius 1 is 1.15 bits per heavy atom. The van der Waals surface area contributed by atoms with Crippen molar-refractivity contribution >= 4 is 11.8 Å². The van der Waals surface area contributed by atoms with Gasteiger partial charge in [0.05, 0.1) is 18.1 Å². The lowest BCUT2D eigenvalue weighted by Gasteiger charge is -2.07. The molecule has 0 saturated heterocycles. The van der Waals surface area contributed by atoms with E-state index in [4.69, 9.17) is 8.83 Å². The third-order valence-electron chi connectivity index (χ3n) is 2.85. The normalized spacial score (nSPS) is 10.4. The molecule has 0 N–H and O–H groups in total. The Balaban J connectivity index is 2.26. The van der Waals surface area contributed by atoms with Gasteiger partial charge in [-0.15, -0.1) is 11.8 Å². The summed E-state index contributed by atoms with van der Waals surface area (Å²) in [5.74, 6) is 1.31. The fourth-order valence-electron chi connectivity index (χ4n) is 1.95. The molecule has 0 aliphatic rings. The molecular formula is C15H10N2O2S. The molecule has 3 rings (SSSR count). The number of rotatable bonds is 3. The van der Waals surface area contributed by atoms with Crippen molar-refractivity contribution in [3.8, 4) is 28.8 Å². The smallest absolute Gasteiger partial charge is 0.152 e. The molecule has 3 aromatic rings. The third kappa shape index (κ3) is 2.10. The van der Waals surface area contributed by atoms with Gasteiger partial charge in [0.25, 0.3) is 0 Å². The van der Waals surface area contributed by atoms with Gasteiger partial charge in [0.15, 0.2) is 5.76 Å². The molecule has 0 spiro atoms. The summed E-state index contributed by atoms with van der Waals surface area (Å²) in [6.07, 6.45) is 5.07. The molecule has 0 aliphatic carbocycles. The van der Waals surface area contributed by atoms with Crippen LogP contribution < -0.4 is 0 Å². The van der Waals surface area contributed by atoms with Gasteiger partial charge in [-0.3, -0.25) is 0 Å². The fourth-order valence-corrected chi connectivity index (χ4v) is 2.50. The van der Waals surface area contributed by atoms with Gasteiger partial charge < -0.3 is 8.83 Å². The van der Waals surface area contributed by atoms with Crippen molar-refractivity contribution in [3.63, 3.8) is 0 Å². The zero-order valence-corrected chi connectivity index (χ0v) is 11.5. The van der Waals surface area contributed by atoms with Crippen LogP contribution in [0.25, 0.3) is 22.8 Å². The Morgan fingerprint density at radius 3 is 2.40 bits per heavy atom. The molecule has 3 heterocycles. The first kappa shape index (κ1) is 12.6. The van der Waals surface area contributed by atoms with Crippen molar-refractivity contribution in [2.45, 2.75) is 5.03 Å². The van der Waals surface area contributed by atoms with Gasteiger partial charge >= 0.3 is 0 Å². The number of hydrogen-bond donors (Lipinski definition) is 0. The van der Waals surface area contributed by atoms with Crippen LogP contribution in [0, 0.1) is 11.3 Å². The molecular weight excluding hydrogens is 272 g/mol.